The minimum atomic E-state index is -3.43. The highest BCUT2D eigenvalue weighted by Crippen LogP contribution is 2.34. The predicted octanol–water partition coefficient (Wildman–Crippen LogP) is 0.908. The van der Waals surface area contributed by atoms with Gasteiger partial charge in [-0.2, -0.15) is 9.40 Å². The summed E-state index contributed by atoms with van der Waals surface area (Å²) >= 11 is 0. The number of ether oxygens (including phenoxy) is 1. The Balaban J connectivity index is 1.84. The summed E-state index contributed by atoms with van der Waals surface area (Å²) in [5, 5.41) is 6.53. The van der Waals surface area contributed by atoms with Gasteiger partial charge in [0.1, 0.15) is 4.90 Å². The maximum Gasteiger partial charge on any atom is 0.246 e. The number of hydrogen-bond acceptors (Lipinski definition) is 4. The molecule has 1 atom stereocenters. The lowest BCUT2D eigenvalue weighted by atomic mass is 10.1. The Morgan fingerprint density at radius 2 is 2.26 bits per heavy atom. The van der Waals surface area contributed by atoms with Gasteiger partial charge in [0.25, 0.3) is 0 Å². The van der Waals surface area contributed by atoms with E-state index < -0.39 is 10.0 Å². The number of hydrogen-bond donors (Lipinski definition) is 1. The number of aryl methyl sites for hydroxylation is 1. The molecule has 0 radical (unpaired) electrons. The Morgan fingerprint density at radius 3 is 2.79 bits per heavy atom. The van der Waals surface area contributed by atoms with Crippen LogP contribution in [0.3, 0.4) is 0 Å². The standard InChI is InChI=1S/C12H19N3O3S/c1-9-12(6-13-14-9)19(16,17)15(11-2-3-11)7-10-4-5-18-8-10/h6,10-11H,2-5,7-8H2,1H3,(H,13,14). The molecule has 1 saturated carbocycles. The second-order valence-corrected chi connectivity index (χ2v) is 7.25. The fraction of sp³-hybridized carbons (Fsp3) is 0.750. The van der Waals surface area contributed by atoms with Gasteiger partial charge in [-0.1, -0.05) is 0 Å². The molecule has 1 N–H and O–H groups in total. The second kappa shape index (κ2) is 4.88. The summed E-state index contributed by atoms with van der Waals surface area (Å²) in [4.78, 5) is 0.304. The molecule has 1 unspecified atom stereocenters. The third-order valence-electron chi connectivity index (χ3n) is 3.79. The lowest BCUT2D eigenvalue weighted by Crippen LogP contribution is -2.37. The molecular formula is C12H19N3O3S. The lowest BCUT2D eigenvalue weighted by molar-refractivity contribution is 0.180. The Morgan fingerprint density at radius 1 is 1.47 bits per heavy atom. The zero-order valence-corrected chi connectivity index (χ0v) is 11.8. The third-order valence-corrected chi connectivity index (χ3v) is 5.82. The Hall–Kier alpha value is -0.920. The number of nitrogens with zero attached hydrogens (tertiary/aromatic N) is 2. The molecule has 0 spiro atoms. The van der Waals surface area contributed by atoms with E-state index >= 15 is 0 Å². The first-order valence-electron chi connectivity index (χ1n) is 6.68. The van der Waals surface area contributed by atoms with Crippen molar-refractivity contribution in [2.24, 2.45) is 5.92 Å². The van der Waals surface area contributed by atoms with E-state index in [0.29, 0.717) is 29.7 Å². The number of aromatic nitrogens is 2. The van der Waals surface area contributed by atoms with Crippen molar-refractivity contribution in [1.82, 2.24) is 14.5 Å². The summed E-state index contributed by atoms with van der Waals surface area (Å²) in [7, 11) is -3.43. The van der Waals surface area contributed by atoms with Gasteiger partial charge in [0, 0.05) is 19.2 Å². The number of rotatable bonds is 5. The first-order valence-corrected chi connectivity index (χ1v) is 8.12. The summed E-state index contributed by atoms with van der Waals surface area (Å²) in [6.07, 6.45) is 4.28. The van der Waals surface area contributed by atoms with Gasteiger partial charge in [0.15, 0.2) is 0 Å². The molecule has 19 heavy (non-hydrogen) atoms. The van der Waals surface area contributed by atoms with Crippen LogP contribution in [0.1, 0.15) is 25.0 Å². The van der Waals surface area contributed by atoms with Crippen molar-refractivity contribution in [2.45, 2.75) is 37.1 Å². The zero-order chi connectivity index (χ0) is 13.5. The van der Waals surface area contributed by atoms with Gasteiger partial charge in [-0.25, -0.2) is 8.42 Å². The van der Waals surface area contributed by atoms with E-state index in [2.05, 4.69) is 10.2 Å². The molecule has 0 amide bonds. The molecule has 1 aromatic heterocycles. The van der Waals surface area contributed by atoms with Crippen molar-refractivity contribution in [2.75, 3.05) is 19.8 Å². The smallest absolute Gasteiger partial charge is 0.246 e. The molecule has 1 aliphatic carbocycles. The van der Waals surface area contributed by atoms with Crippen LogP contribution in [0.5, 0.6) is 0 Å². The van der Waals surface area contributed by atoms with E-state index in [0.717, 1.165) is 25.9 Å². The van der Waals surface area contributed by atoms with E-state index in [1.54, 1.807) is 11.2 Å². The molecule has 0 aromatic carbocycles. The van der Waals surface area contributed by atoms with Gasteiger partial charge in [-0.05, 0) is 32.1 Å². The number of H-pyrrole nitrogens is 1. The Kier molecular flexibility index (Phi) is 3.36. The van der Waals surface area contributed by atoms with Crippen molar-refractivity contribution in [1.29, 1.82) is 0 Å². The third kappa shape index (κ3) is 2.54. The van der Waals surface area contributed by atoms with Crippen LogP contribution in [0.2, 0.25) is 0 Å². The van der Waals surface area contributed by atoms with Crippen LogP contribution >= 0.6 is 0 Å². The molecule has 106 valence electrons. The SMILES string of the molecule is Cc1[nH]ncc1S(=O)(=O)N(CC1CCOC1)C1CC1. The number of nitrogens with one attached hydrogen (secondary N) is 1. The summed E-state index contributed by atoms with van der Waals surface area (Å²) in [5.41, 5.74) is 0.605. The summed E-state index contributed by atoms with van der Waals surface area (Å²) in [5.74, 6) is 0.322. The monoisotopic (exact) mass is 285 g/mol. The van der Waals surface area contributed by atoms with Gasteiger partial charge >= 0.3 is 0 Å². The van der Waals surface area contributed by atoms with Crippen LogP contribution in [-0.2, 0) is 14.8 Å². The van der Waals surface area contributed by atoms with Gasteiger partial charge in [-0.3, -0.25) is 5.10 Å². The van der Waals surface area contributed by atoms with E-state index in [1.165, 1.54) is 6.20 Å². The molecular weight excluding hydrogens is 266 g/mol. The maximum atomic E-state index is 12.7. The molecule has 7 heteroatoms. The van der Waals surface area contributed by atoms with Crippen LogP contribution in [-0.4, -0.2) is 48.7 Å². The first-order chi connectivity index (χ1) is 9.09. The van der Waals surface area contributed by atoms with Gasteiger partial charge in [-0.15, -0.1) is 0 Å². The fourth-order valence-electron chi connectivity index (χ4n) is 2.51. The molecule has 0 bridgehead atoms. The van der Waals surface area contributed by atoms with Gasteiger partial charge in [0.2, 0.25) is 10.0 Å². The van der Waals surface area contributed by atoms with Crippen LogP contribution in [0, 0.1) is 12.8 Å². The average Bonchev–Trinajstić information content (AvgIpc) is 2.88. The molecule has 1 aliphatic heterocycles. The topological polar surface area (TPSA) is 75.3 Å². The van der Waals surface area contributed by atoms with Crippen LogP contribution in [0.25, 0.3) is 0 Å². The number of aromatic amines is 1. The molecule has 2 heterocycles. The minimum absolute atomic E-state index is 0.167. The highest BCUT2D eigenvalue weighted by molar-refractivity contribution is 7.89. The van der Waals surface area contributed by atoms with Crippen molar-refractivity contribution in [3.8, 4) is 0 Å². The number of sulfonamides is 1. The Labute approximate surface area is 113 Å². The fourth-order valence-corrected chi connectivity index (χ4v) is 4.40. The van der Waals surface area contributed by atoms with Crippen molar-refractivity contribution < 1.29 is 13.2 Å². The summed E-state index contributed by atoms with van der Waals surface area (Å²) in [6, 6.07) is 0.167. The molecule has 3 rings (SSSR count). The predicted molar refractivity (Wildman–Crippen MR) is 69.2 cm³/mol. The lowest BCUT2D eigenvalue weighted by Gasteiger charge is -2.24. The Bertz CT molecular complexity index is 544. The molecule has 1 aromatic rings. The summed E-state index contributed by atoms with van der Waals surface area (Å²) in [6.45, 7) is 3.72. The molecule has 2 aliphatic rings. The largest absolute Gasteiger partial charge is 0.381 e. The average molecular weight is 285 g/mol. The van der Waals surface area contributed by atoms with Gasteiger partial charge in [0.05, 0.1) is 18.5 Å². The van der Waals surface area contributed by atoms with Crippen LogP contribution in [0.4, 0.5) is 0 Å². The maximum absolute atomic E-state index is 12.7. The van der Waals surface area contributed by atoms with E-state index in [1.807, 2.05) is 0 Å². The van der Waals surface area contributed by atoms with Crippen LogP contribution in [0.15, 0.2) is 11.1 Å². The zero-order valence-electron chi connectivity index (χ0n) is 11.0. The van der Waals surface area contributed by atoms with Crippen molar-refractivity contribution in [3.05, 3.63) is 11.9 Å². The van der Waals surface area contributed by atoms with Crippen molar-refractivity contribution >= 4 is 10.0 Å². The van der Waals surface area contributed by atoms with E-state index in [4.69, 9.17) is 4.74 Å². The minimum Gasteiger partial charge on any atom is -0.381 e. The molecule has 1 saturated heterocycles. The quantitative estimate of drug-likeness (QED) is 0.872. The van der Waals surface area contributed by atoms with E-state index in [-0.39, 0.29) is 6.04 Å². The highest BCUT2D eigenvalue weighted by Gasteiger charge is 2.40. The molecule has 2 fully saturated rings. The van der Waals surface area contributed by atoms with Crippen molar-refractivity contribution in [3.63, 3.8) is 0 Å². The van der Waals surface area contributed by atoms with Gasteiger partial charge < -0.3 is 4.74 Å². The van der Waals surface area contributed by atoms with E-state index in [9.17, 15) is 8.42 Å². The van der Waals surface area contributed by atoms with Crippen LogP contribution < -0.4 is 0 Å². The molecule has 6 nitrogen and oxygen atoms in total. The highest BCUT2D eigenvalue weighted by atomic mass is 32.2. The summed E-state index contributed by atoms with van der Waals surface area (Å²) < 4.78 is 32.4. The normalized spacial score (nSPS) is 24.2. The first kappa shape index (κ1) is 13.1. The second-order valence-electron chi connectivity index (χ2n) is 5.39.